The van der Waals surface area contributed by atoms with Gasteiger partial charge in [0.15, 0.2) is 5.76 Å². The van der Waals surface area contributed by atoms with E-state index < -0.39 is 5.54 Å². The summed E-state index contributed by atoms with van der Waals surface area (Å²) in [6.45, 7) is 4.73. The van der Waals surface area contributed by atoms with Crippen molar-refractivity contribution in [1.82, 2.24) is 10.2 Å². The first-order valence-corrected chi connectivity index (χ1v) is 9.01. The Labute approximate surface area is 157 Å². The predicted octanol–water partition coefficient (Wildman–Crippen LogP) is 3.13. The first-order chi connectivity index (χ1) is 12.9. The minimum Gasteiger partial charge on any atom is -0.486 e. The van der Waals surface area contributed by atoms with E-state index in [0.29, 0.717) is 31.0 Å². The summed E-state index contributed by atoms with van der Waals surface area (Å²) in [4.78, 5) is 26.9. The summed E-state index contributed by atoms with van der Waals surface area (Å²) in [6, 6.07) is 8.91. The molecule has 2 heterocycles. The van der Waals surface area contributed by atoms with Gasteiger partial charge in [0.05, 0.1) is 0 Å². The number of hydrogen-bond acceptors (Lipinski definition) is 4. The maximum atomic E-state index is 12.9. The molecule has 7 heteroatoms. The molecule has 2 aromatic rings. The minimum absolute atomic E-state index is 0.117. The van der Waals surface area contributed by atoms with E-state index in [-0.39, 0.29) is 30.0 Å². The third kappa shape index (κ3) is 3.97. The summed E-state index contributed by atoms with van der Waals surface area (Å²) in [7, 11) is 0. The summed E-state index contributed by atoms with van der Waals surface area (Å²) in [5.74, 6) is 0.355. The molecule has 3 rings (SSSR count). The van der Waals surface area contributed by atoms with Gasteiger partial charge < -0.3 is 19.4 Å². The van der Waals surface area contributed by atoms with E-state index in [1.165, 1.54) is 24.3 Å². The van der Waals surface area contributed by atoms with Crippen LogP contribution in [-0.4, -0.2) is 35.3 Å². The number of halogens is 1. The monoisotopic (exact) mass is 374 g/mol. The highest BCUT2D eigenvalue weighted by Crippen LogP contribution is 2.27. The molecule has 0 radical (unpaired) electrons. The second kappa shape index (κ2) is 7.82. The summed E-state index contributed by atoms with van der Waals surface area (Å²) in [5.41, 5.74) is -0.887. The number of ether oxygens (including phenoxy) is 1. The minimum atomic E-state index is -0.887. The van der Waals surface area contributed by atoms with E-state index in [9.17, 15) is 14.0 Å². The lowest BCUT2D eigenvalue weighted by Gasteiger charge is -2.43. The predicted molar refractivity (Wildman–Crippen MR) is 96.8 cm³/mol. The van der Waals surface area contributed by atoms with Crippen LogP contribution in [0.1, 0.15) is 43.0 Å². The number of hydrogen-bond donors (Lipinski definition) is 1. The average Bonchev–Trinajstić information content (AvgIpc) is 3.12. The Morgan fingerprint density at radius 1 is 1.30 bits per heavy atom. The summed E-state index contributed by atoms with van der Waals surface area (Å²) in [6.07, 6.45) is 1.36. The lowest BCUT2D eigenvalue weighted by molar-refractivity contribution is -0.134. The zero-order valence-electron chi connectivity index (χ0n) is 15.5. The highest BCUT2D eigenvalue weighted by atomic mass is 19.1. The molecule has 27 heavy (non-hydrogen) atoms. The van der Waals surface area contributed by atoms with Crippen LogP contribution in [0.4, 0.5) is 4.39 Å². The van der Waals surface area contributed by atoms with Gasteiger partial charge >= 0.3 is 0 Å². The van der Waals surface area contributed by atoms with Gasteiger partial charge in [-0.25, -0.2) is 4.39 Å². The molecule has 0 bridgehead atoms. The van der Waals surface area contributed by atoms with E-state index in [4.69, 9.17) is 9.15 Å². The molecular formula is C20H23FN2O4. The summed E-state index contributed by atoms with van der Waals surface area (Å²) >= 11 is 0. The summed E-state index contributed by atoms with van der Waals surface area (Å²) < 4.78 is 24.1. The van der Waals surface area contributed by atoms with Crippen LogP contribution < -0.4 is 10.1 Å². The maximum absolute atomic E-state index is 12.9. The van der Waals surface area contributed by atoms with Gasteiger partial charge in [-0.1, -0.05) is 13.3 Å². The number of amides is 2. The first kappa shape index (κ1) is 18.9. The highest BCUT2D eigenvalue weighted by molar-refractivity contribution is 5.98. The molecule has 2 amide bonds. The van der Waals surface area contributed by atoms with E-state index in [0.717, 1.165) is 6.42 Å². The second-order valence-electron chi connectivity index (χ2n) is 6.75. The maximum Gasteiger partial charge on any atom is 0.290 e. The van der Waals surface area contributed by atoms with Crippen LogP contribution in [0.2, 0.25) is 0 Å². The van der Waals surface area contributed by atoms with E-state index in [2.05, 4.69) is 5.32 Å². The fourth-order valence-electron chi connectivity index (χ4n) is 3.29. The molecule has 1 fully saturated rings. The Hall–Kier alpha value is -2.83. The Kier molecular flexibility index (Phi) is 5.48. The first-order valence-electron chi connectivity index (χ1n) is 9.01. The molecule has 1 N–H and O–H groups in total. The topological polar surface area (TPSA) is 71.8 Å². The van der Waals surface area contributed by atoms with Gasteiger partial charge in [0.25, 0.3) is 5.91 Å². The van der Waals surface area contributed by atoms with Crippen molar-refractivity contribution in [2.45, 2.75) is 38.8 Å². The highest BCUT2D eigenvalue weighted by Gasteiger charge is 2.44. The van der Waals surface area contributed by atoms with Crippen molar-refractivity contribution in [2.24, 2.45) is 0 Å². The van der Waals surface area contributed by atoms with Gasteiger partial charge in [0.2, 0.25) is 5.91 Å². The van der Waals surface area contributed by atoms with Gasteiger partial charge in [-0.2, -0.15) is 0 Å². The number of nitrogens with one attached hydrogen (secondary N) is 1. The third-order valence-electron chi connectivity index (χ3n) is 4.75. The molecule has 0 aliphatic carbocycles. The van der Waals surface area contributed by atoms with Crippen molar-refractivity contribution in [1.29, 1.82) is 0 Å². The van der Waals surface area contributed by atoms with Gasteiger partial charge in [0, 0.05) is 13.1 Å². The Morgan fingerprint density at radius 2 is 2.04 bits per heavy atom. The molecule has 1 atom stereocenters. The molecule has 0 spiro atoms. The molecule has 1 aromatic heterocycles. The molecule has 1 aromatic carbocycles. The lowest BCUT2D eigenvalue weighted by atomic mass is 9.90. The molecule has 1 saturated heterocycles. The summed E-state index contributed by atoms with van der Waals surface area (Å²) in [5, 5.41) is 2.83. The van der Waals surface area contributed by atoms with E-state index >= 15 is 0 Å². The van der Waals surface area contributed by atoms with Crippen LogP contribution in [-0.2, 0) is 11.4 Å². The molecule has 1 aliphatic heterocycles. The smallest absolute Gasteiger partial charge is 0.290 e. The van der Waals surface area contributed by atoms with Gasteiger partial charge in [-0.05, 0) is 49.7 Å². The van der Waals surface area contributed by atoms with Crippen molar-refractivity contribution in [3.8, 4) is 5.75 Å². The third-order valence-corrected chi connectivity index (χ3v) is 4.75. The van der Waals surface area contributed by atoms with Crippen LogP contribution in [0.5, 0.6) is 5.75 Å². The quantitative estimate of drug-likeness (QED) is 0.843. The number of nitrogens with zero attached hydrogens (tertiary/aromatic N) is 1. The lowest BCUT2D eigenvalue weighted by Crippen LogP contribution is -2.64. The SMILES string of the molecule is CCCC1(C)C(=O)NCCN1C(=O)c1ccc(COc2ccc(F)cc2)o1. The molecule has 1 unspecified atom stereocenters. The van der Waals surface area contributed by atoms with Crippen molar-refractivity contribution in [2.75, 3.05) is 13.1 Å². The van der Waals surface area contributed by atoms with Crippen LogP contribution in [0.15, 0.2) is 40.8 Å². The van der Waals surface area contributed by atoms with Crippen LogP contribution in [0.3, 0.4) is 0 Å². The normalized spacial score (nSPS) is 19.7. The van der Waals surface area contributed by atoms with Crippen LogP contribution in [0.25, 0.3) is 0 Å². The molecule has 0 saturated carbocycles. The van der Waals surface area contributed by atoms with Crippen molar-refractivity contribution >= 4 is 11.8 Å². The van der Waals surface area contributed by atoms with Crippen LogP contribution in [0, 0.1) is 5.82 Å². The van der Waals surface area contributed by atoms with Gasteiger partial charge in [-0.3, -0.25) is 9.59 Å². The number of benzene rings is 1. The second-order valence-corrected chi connectivity index (χ2v) is 6.75. The Bertz CT molecular complexity index is 818. The number of rotatable bonds is 6. The number of furan rings is 1. The van der Waals surface area contributed by atoms with Gasteiger partial charge in [-0.15, -0.1) is 0 Å². The van der Waals surface area contributed by atoms with Gasteiger partial charge in [0.1, 0.15) is 29.5 Å². The number of carbonyl (C=O) groups excluding carboxylic acids is 2. The molecule has 144 valence electrons. The standard InChI is InChI=1S/C20H23FN2O4/c1-3-10-20(2)19(25)22-11-12-23(20)18(24)17-9-8-16(27-17)13-26-15-6-4-14(21)5-7-15/h4-9H,3,10-13H2,1-2H3,(H,22,25). The fourth-order valence-corrected chi connectivity index (χ4v) is 3.29. The zero-order chi connectivity index (χ0) is 19.4. The van der Waals surface area contributed by atoms with Crippen molar-refractivity contribution < 1.29 is 23.1 Å². The van der Waals surface area contributed by atoms with Crippen molar-refractivity contribution in [3.05, 3.63) is 53.7 Å². The van der Waals surface area contributed by atoms with Crippen LogP contribution >= 0.6 is 0 Å². The Morgan fingerprint density at radius 3 is 2.74 bits per heavy atom. The van der Waals surface area contributed by atoms with Crippen molar-refractivity contribution in [3.63, 3.8) is 0 Å². The van der Waals surface area contributed by atoms with E-state index in [1.807, 2.05) is 6.92 Å². The zero-order valence-corrected chi connectivity index (χ0v) is 15.5. The number of piperazine rings is 1. The molecule has 1 aliphatic rings. The molecule has 6 nitrogen and oxygen atoms in total. The number of carbonyl (C=O) groups is 2. The largest absolute Gasteiger partial charge is 0.486 e. The Balaban J connectivity index is 1.70. The fraction of sp³-hybridized carbons (Fsp3) is 0.400. The average molecular weight is 374 g/mol. The molecular weight excluding hydrogens is 351 g/mol. The van der Waals surface area contributed by atoms with E-state index in [1.54, 1.807) is 24.0 Å².